The molecule has 2 aromatic rings. The van der Waals surface area contributed by atoms with Crippen molar-refractivity contribution in [1.29, 1.82) is 0 Å². The molecule has 1 atom stereocenters. The third-order valence-electron chi connectivity index (χ3n) is 3.79. The largest absolute Gasteiger partial charge is 0.481 e. The maximum atomic E-state index is 11.3. The van der Waals surface area contributed by atoms with Crippen LogP contribution in [0, 0.1) is 5.92 Å². The van der Waals surface area contributed by atoms with Gasteiger partial charge in [-0.15, -0.1) is 0 Å². The predicted molar refractivity (Wildman–Crippen MR) is 74.1 cm³/mol. The zero-order valence-corrected chi connectivity index (χ0v) is 11.2. The summed E-state index contributed by atoms with van der Waals surface area (Å²) in [5, 5.41) is 18.5. The minimum absolute atomic E-state index is 0.0256. The summed E-state index contributed by atoms with van der Waals surface area (Å²) in [6.07, 6.45) is 0.855. The number of rotatable bonds is 3. The average molecular weight is 286 g/mol. The molecule has 21 heavy (non-hydrogen) atoms. The lowest BCUT2D eigenvalue weighted by atomic mass is 9.97. The van der Waals surface area contributed by atoms with E-state index in [9.17, 15) is 19.8 Å². The molecule has 0 fully saturated rings. The zero-order valence-electron chi connectivity index (χ0n) is 11.2. The lowest BCUT2D eigenvalue weighted by molar-refractivity contribution is -0.142. The highest BCUT2D eigenvalue weighted by Gasteiger charge is 2.31. The van der Waals surface area contributed by atoms with Crippen LogP contribution >= 0.6 is 0 Å². The number of aliphatic carboxylic acids is 1. The highest BCUT2D eigenvalue weighted by molar-refractivity contribution is 5.88. The molecule has 108 valence electrons. The number of nitrogens with zero attached hydrogens (tertiary/aromatic N) is 2. The van der Waals surface area contributed by atoms with Crippen LogP contribution in [0.1, 0.15) is 22.6 Å². The highest BCUT2D eigenvalue weighted by atomic mass is 16.4. The van der Waals surface area contributed by atoms with E-state index in [4.69, 9.17) is 0 Å². The second-order valence-electron chi connectivity index (χ2n) is 5.09. The number of hydrogen-bond acceptors (Lipinski definition) is 3. The molecule has 0 aliphatic carbocycles. The first-order chi connectivity index (χ1) is 10.1. The molecule has 1 aliphatic rings. The first-order valence-electron chi connectivity index (χ1n) is 6.69. The van der Waals surface area contributed by atoms with Crippen LogP contribution in [-0.2, 0) is 17.8 Å². The Kier molecular flexibility index (Phi) is 3.21. The summed E-state index contributed by atoms with van der Waals surface area (Å²) < 4.78 is 1.74. The number of carboxylic acid groups (broad SMARTS) is 2. The molecule has 0 radical (unpaired) electrons. The summed E-state index contributed by atoms with van der Waals surface area (Å²) in [5.74, 6) is -1.91. The van der Waals surface area contributed by atoms with Crippen LogP contribution in [-0.4, -0.2) is 31.7 Å². The van der Waals surface area contributed by atoms with Crippen LogP contribution in [0.15, 0.2) is 30.3 Å². The van der Waals surface area contributed by atoms with Gasteiger partial charge in [-0.3, -0.25) is 4.79 Å². The predicted octanol–water partition coefficient (Wildman–Crippen LogP) is 1.90. The van der Waals surface area contributed by atoms with E-state index in [0.29, 0.717) is 24.4 Å². The standard InChI is InChI=1S/C15H14N2O4/c18-14(19)10-6-7-11-12(15(20)21)16-13(17(11)8-10)9-4-2-1-3-5-9/h1-5,10H,6-8H2,(H,18,19)(H,20,21). The van der Waals surface area contributed by atoms with Gasteiger partial charge in [0.25, 0.3) is 0 Å². The van der Waals surface area contributed by atoms with Gasteiger partial charge in [0.05, 0.1) is 11.6 Å². The molecule has 1 aromatic carbocycles. The van der Waals surface area contributed by atoms with Crippen molar-refractivity contribution >= 4 is 11.9 Å². The quantitative estimate of drug-likeness (QED) is 0.899. The minimum atomic E-state index is -1.07. The molecule has 0 spiro atoms. The molecule has 1 aliphatic heterocycles. The molecule has 0 saturated carbocycles. The summed E-state index contributed by atoms with van der Waals surface area (Å²) in [6.45, 7) is 0.259. The SMILES string of the molecule is O=C(O)c1nc(-c2ccccc2)n2c1CCC(C(=O)O)C2. The smallest absolute Gasteiger partial charge is 0.356 e. The van der Waals surface area contributed by atoms with Gasteiger partial charge in [0.15, 0.2) is 5.69 Å². The van der Waals surface area contributed by atoms with Gasteiger partial charge in [-0.25, -0.2) is 9.78 Å². The van der Waals surface area contributed by atoms with E-state index in [1.54, 1.807) is 4.57 Å². The van der Waals surface area contributed by atoms with Gasteiger partial charge in [0.1, 0.15) is 5.82 Å². The first kappa shape index (κ1) is 13.4. The first-order valence-corrected chi connectivity index (χ1v) is 6.69. The third-order valence-corrected chi connectivity index (χ3v) is 3.79. The topological polar surface area (TPSA) is 92.4 Å². The molecule has 0 saturated heterocycles. The number of hydrogen-bond donors (Lipinski definition) is 2. The molecule has 1 unspecified atom stereocenters. The Balaban J connectivity index is 2.13. The van der Waals surface area contributed by atoms with Gasteiger partial charge in [0, 0.05) is 12.1 Å². The van der Waals surface area contributed by atoms with E-state index < -0.39 is 17.9 Å². The molecular weight excluding hydrogens is 272 g/mol. The molecule has 2 heterocycles. The number of carbonyl (C=O) groups is 2. The normalized spacial score (nSPS) is 17.2. The Hall–Kier alpha value is -2.63. The van der Waals surface area contributed by atoms with Gasteiger partial charge in [0.2, 0.25) is 0 Å². The number of fused-ring (bicyclic) bond motifs is 1. The number of imidazole rings is 1. The highest BCUT2D eigenvalue weighted by Crippen LogP contribution is 2.29. The summed E-state index contributed by atoms with van der Waals surface area (Å²) in [5.41, 5.74) is 1.42. The lowest BCUT2D eigenvalue weighted by Gasteiger charge is -2.22. The van der Waals surface area contributed by atoms with E-state index in [0.717, 1.165) is 5.56 Å². The second-order valence-corrected chi connectivity index (χ2v) is 5.09. The lowest BCUT2D eigenvalue weighted by Crippen LogP contribution is -2.27. The zero-order chi connectivity index (χ0) is 15.0. The average Bonchev–Trinajstić information content (AvgIpc) is 2.87. The van der Waals surface area contributed by atoms with Crippen molar-refractivity contribution in [3.05, 3.63) is 41.7 Å². The number of aromatic carboxylic acids is 1. The van der Waals surface area contributed by atoms with Crippen LogP contribution < -0.4 is 0 Å². The molecule has 0 amide bonds. The van der Waals surface area contributed by atoms with Crippen LogP contribution in [0.3, 0.4) is 0 Å². The van der Waals surface area contributed by atoms with Crippen molar-refractivity contribution in [2.24, 2.45) is 5.92 Å². The fourth-order valence-corrected chi connectivity index (χ4v) is 2.74. The Morgan fingerprint density at radius 2 is 1.90 bits per heavy atom. The van der Waals surface area contributed by atoms with Crippen molar-refractivity contribution in [2.75, 3.05) is 0 Å². The monoisotopic (exact) mass is 286 g/mol. The van der Waals surface area contributed by atoms with Crippen molar-refractivity contribution in [3.8, 4) is 11.4 Å². The second kappa shape index (κ2) is 5.05. The molecule has 2 N–H and O–H groups in total. The summed E-state index contributed by atoms with van der Waals surface area (Å²) in [6, 6.07) is 9.22. The van der Waals surface area contributed by atoms with E-state index in [-0.39, 0.29) is 12.2 Å². The van der Waals surface area contributed by atoms with Crippen LogP contribution in [0.5, 0.6) is 0 Å². The van der Waals surface area contributed by atoms with Crippen molar-refractivity contribution in [1.82, 2.24) is 9.55 Å². The van der Waals surface area contributed by atoms with Gasteiger partial charge in [-0.2, -0.15) is 0 Å². The molecule has 6 nitrogen and oxygen atoms in total. The van der Waals surface area contributed by atoms with Gasteiger partial charge < -0.3 is 14.8 Å². The summed E-state index contributed by atoms with van der Waals surface area (Å²) >= 11 is 0. The Labute approximate surface area is 120 Å². The summed E-state index contributed by atoms with van der Waals surface area (Å²) in [4.78, 5) is 26.8. The van der Waals surface area contributed by atoms with Gasteiger partial charge >= 0.3 is 11.9 Å². The van der Waals surface area contributed by atoms with Crippen LogP contribution in [0.25, 0.3) is 11.4 Å². The van der Waals surface area contributed by atoms with E-state index in [1.807, 2.05) is 30.3 Å². The van der Waals surface area contributed by atoms with E-state index in [1.165, 1.54) is 0 Å². The molecule has 6 heteroatoms. The Bertz CT molecular complexity index is 706. The maximum Gasteiger partial charge on any atom is 0.356 e. The van der Waals surface area contributed by atoms with Crippen molar-refractivity contribution in [3.63, 3.8) is 0 Å². The van der Waals surface area contributed by atoms with E-state index >= 15 is 0 Å². The van der Waals surface area contributed by atoms with E-state index in [2.05, 4.69) is 4.98 Å². The third kappa shape index (κ3) is 2.29. The van der Waals surface area contributed by atoms with Crippen LogP contribution in [0.2, 0.25) is 0 Å². The fraction of sp³-hybridized carbons (Fsp3) is 0.267. The van der Waals surface area contributed by atoms with Crippen molar-refractivity contribution in [2.45, 2.75) is 19.4 Å². The Morgan fingerprint density at radius 3 is 2.52 bits per heavy atom. The molecule has 3 rings (SSSR count). The molecule has 1 aromatic heterocycles. The maximum absolute atomic E-state index is 11.3. The van der Waals surface area contributed by atoms with Crippen LogP contribution in [0.4, 0.5) is 0 Å². The fourth-order valence-electron chi connectivity index (χ4n) is 2.74. The number of carboxylic acids is 2. The number of aromatic nitrogens is 2. The Morgan fingerprint density at radius 1 is 1.19 bits per heavy atom. The molecule has 0 bridgehead atoms. The van der Waals surface area contributed by atoms with Gasteiger partial charge in [-0.05, 0) is 12.8 Å². The van der Waals surface area contributed by atoms with Crippen molar-refractivity contribution < 1.29 is 19.8 Å². The minimum Gasteiger partial charge on any atom is -0.481 e. The number of benzene rings is 1. The summed E-state index contributed by atoms with van der Waals surface area (Å²) in [7, 11) is 0. The molecular formula is C15H14N2O4. The van der Waals surface area contributed by atoms with Gasteiger partial charge in [-0.1, -0.05) is 30.3 Å².